The number of nitrogens with zero attached hydrogens (tertiary/aromatic N) is 5. The van der Waals surface area contributed by atoms with Crippen LogP contribution in [0.5, 0.6) is 0 Å². The second-order valence-electron chi connectivity index (χ2n) is 4.71. The molecule has 0 radical (unpaired) electrons. The maximum absolute atomic E-state index is 12.2. The molecule has 0 aliphatic heterocycles. The lowest BCUT2D eigenvalue weighted by Gasteiger charge is -2.11. The summed E-state index contributed by atoms with van der Waals surface area (Å²) < 4.78 is 1.56. The van der Waals surface area contributed by atoms with Gasteiger partial charge in [0.15, 0.2) is 5.69 Å². The lowest BCUT2D eigenvalue weighted by Crippen LogP contribution is -2.27. The van der Waals surface area contributed by atoms with Crippen LogP contribution in [-0.4, -0.2) is 30.9 Å². The van der Waals surface area contributed by atoms with Gasteiger partial charge in [-0.3, -0.25) is 14.8 Å². The van der Waals surface area contributed by atoms with Crippen molar-refractivity contribution in [3.63, 3.8) is 0 Å². The summed E-state index contributed by atoms with van der Waals surface area (Å²) in [6.45, 7) is 1.84. The number of hydrogen-bond acceptors (Lipinski definition) is 5. The molecule has 0 aliphatic carbocycles. The summed E-state index contributed by atoms with van der Waals surface area (Å²) in [7, 11) is 0. The first-order valence-electron chi connectivity index (χ1n) is 6.78. The highest BCUT2D eigenvalue weighted by Gasteiger charge is 2.15. The summed E-state index contributed by atoms with van der Waals surface area (Å²) in [6.07, 6.45) is 6.38. The highest BCUT2D eigenvalue weighted by atomic mass is 16.2. The molecule has 1 amide bonds. The molecule has 0 saturated heterocycles. The lowest BCUT2D eigenvalue weighted by molar-refractivity contribution is 0.0934. The van der Waals surface area contributed by atoms with E-state index in [1.165, 1.54) is 0 Å². The molecule has 3 rings (SSSR count). The van der Waals surface area contributed by atoms with Crippen LogP contribution in [-0.2, 0) is 0 Å². The molecule has 0 spiro atoms. The molecule has 2 heterocycles. The molecule has 0 saturated carbocycles. The Morgan fingerprint density at radius 2 is 2.05 bits per heavy atom. The third-order valence-corrected chi connectivity index (χ3v) is 3.12. The number of carbonyl (C=O) groups excluding carboxylic acids is 1. The average Bonchev–Trinajstić information content (AvgIpc) is 3.06. The summed E-state index contributed by atoms with van der Waals surface area (Å²) in [5.74, 6) is -0.305. The van der Waals surface area contributed by atoms with E-state index in [-0.39, 0.29) is 17.6 Å². The van der Waals surface area contributed by atoms with Crippen molar-refractivity contribution in [2.45, 2.75) is 13.0 Å². The quantitative estimate of drug-likeness (QED) is 0.789. The van der Waals surface area contributed by atoms with E-state index in [1.807, 2.05) is 37.3 Å². The normalized spacial score (nSPS) is 11.9. The summed E-state index contributed by atoms with van der Waals surface area (Å²) >= 11 is 0. The number of carbonyl (C=O) groups is 1. The first-order valence-corrected chi connectivity index (χ1v) is 6.78. The predicted octanol–water partition coefficient (Wildman–Crippen LogP) is 1.55. The number of rotatable bonds is 4. The molecule has 1 atom stereocenters. The number of amides is 1. The van der Waals surface area contributed by atoms with Gasteiger partial charge in [-0.15, -0.1) is 5.10 Å². The molecule has 0 fully saturated rings. The second-order valence-corrected chi connectivity index (χ2v) is 4.71. The van der Waals surface area contributed by atoms with Crippen molar-refractivity contribution in [2.24, 2.45) is 0 Å². The number of nitrogens with one attached hydrogen (secondary N) is 1. The van der Waals surface area contributed by atoms with Crippen LogP contribution in [0.15, 0.2) is 55.1 Å². The Morgan fingerprint density at radius 3 is 2.77 bits per heavy atom. The van der Waals surface area contributed by atoms with Crippen molar-refractivity contribution in [3.8, 4) is 5.69 Å². The van der Waals surface area contributed by atoms with Gasteiger partial charge < -0.3 is 5.32 Å². The van der Waals surface area contributed by atoms with Crippen molar-refractivity contribution >= 4 is 5.91 Å². The van der Waals surface area contributed by atoms with Gasteiger partial charge in [-0.2, -0.15) is 0 Å². The minimum atomic E-state index is -0.305. The molecule has 1 unspecified atom stereocenters. The van der Waals surface area contributed by atoms with Crippen molar-refractivity contribution < 1.29 is 4.79 Å². The van der Waals surface area contributed by atoms with Crippen molar-refractivity contribution in [3.05, 3.63) is 66.5 Å². The SMILES string of the molecule is CC(NC(=O)c1cn(-c2ccccc2)nn1)c1cnccn1. The Morgan fingerprint density at radius 1 is 1.23 bits per heavy atom. The summed E-state index contributed by atoms with van der Waals surface area (Å²) in [5.41, 5.74) is 1.78. The Balaban J connectivity index is 1.72. The first-order chi connectivity index (χ1) is 10.7. The van der Waals surface area contributed by atoms with Crippen LogP contribution in [0, 0.1) is 0 Å². The zero-order valence-corrected chi connectivity index (χ0v) is 11.9. The van der Waals surface area contributed by atoms with Crippen LogP contribution in [0.4, 0.5) is 0 Å². The van der Waals surface area contributed by atoms with Crippen LogP contribution in [0.3, 0.4) is 0 Å². The van der Waals surface area contributed by atoms with Gasteiger partial charge >= 0.3 is 0 Å². The van der Waals surface area contributed by atoms with Gasteiger partial charge in [0.2, 0.25) is 0 Å². The second kappa shape index (κ2) is 6.13. The Bertz CT molecular complexity index is 756. The van der Waals surface area contributed by atoms with Crippen molar-refractivity contribution in [1.29, 1.82) is 0 Å². The molecular weight excluding hydrogens is 280 g/mol. The largest absolute Gasteiger partial charge is 0.342 e. The fourth-order valence-electron chi connectivity index (χ4n) is 1.95. The van der Waals surface area contributed by atoms with Gasteiger partial charge in [-0.05, 0) is 19.1 Å². The third-order valence-electron chi connectivity index (χ3n) is 3.12. The van der Waals surface area contributed by atoms with Gasteiger partial charge in [0.05, 0.1) is 29.8 Å². The van der Waals surface area contributed by atoms with Gasteiger partial charge in [-0.1, -0.05) is 23.4 Å². The average molecular weight is 294 g/mol. The third kappa shape index (κ3) is 2.98. The molecule has 3 aromatic rings. The van der Waals surface area contributed by atoms with Crippen LogP contribution in [0.25, 0.3) is 5.69 Å². The number of hydrogen-bond donors (Lipinski definition) is 1. The molecule has 110 valence electrons. The molecule has 1 N–H and O–H groups in total. The topological polar surface area (TPSA) is 85.6 Å². The number of benzene rings is 1. The van der Waals surface area contributed by atoms with E-state index in [9.17, 15) is 4.79 Å². The Hall–Kier alpha value is -3.09. The molecule has 7 heteroatoms. The fraction of sp³-hybridized carbons (Fsp3) is 0.133. The minimum Gasteiger partial charge on any atom is -0.342 e. The molecule has 2 aromatic heterocycles. The first kappa shape index (κ1) is 13.9. The van der Waals surface area contributed by atoms with Gasteiger partial charge in [0.1, 0.15) is 0 Å². The Kier molecular flexibility index (Phi) is 3.86. The maximum Gasteiger partial charge on any atom is 0.274 e. The monoisotopic (exact) mass is 294 g/mol. The smallest absolute Gasteiger partial charge is 0.274 e. The molecule has 0 bridgehead atoms. The predicted molar refractivity (Wildman–Crippen MR) is 79.3 cm³/mol. The van der Waals surface area contributed by atoms with E-state index >= 15 is 0 Å². The van der Waals surface area contributed by atoms with Crippen molar-refractivity contribution in [2.75, 3.05) is 0 Å². The highest BCUT2D eigenvalue weighted by Crippen LogP contribution is 2.09. The summed E-state index contributed by atoms with van der Waals surface area (Å²) in [6, 6.07) is 9.22. The molecule has 22 heavy (non-hydrogen) atoms. The fourth-order valence-corrected chi connectivity index (χ4v) is 1.95. The van der Waals surface area contributed by atoms with E-state index in [0.717, 1.165) is 5.69 Å². The van der Waals surface area contributed by atoms with Crippen LogP contribution in [0.2, 0.25) is 0 Å². The van der Waals surface area contributed by atoms with Gasteiger partial charge in [-0.25, -0.2) is 4.68 Å². The maximum atomic E-state index is 12.2. The lowest BCUT2D eigenvalue weighted by atomic mass is 10.2. The molecule has 1 aromatic carbocycles. The standard InChI is InChI=1S/C15H14N6O/c1-11(13-9-16-7-8-17-13)18-15(22)14-10-21(20-19-14)12-5-3-2-4-6-12/h2-11H,1H3,(H,18,22). The molecular formula is C15H14N6O. The number of aromatic nitrogens is 5. The molecule has 7 nitrogen and oxygen atoms in total. The van der Waals surface area contributed by atoms with Gasteiger partial charge in [0, 0.05) is 12.4 Å². The minimum absolute atomic E-state index is 0.250. The van der Waals surface area contributed by atoms with E-state index in [0.29, 0.717) is 5.69 Å². The molecule has 0 aliphatic rings. The zero-order valence-electron chi connectivity index (χ0n) is 11.9. The van der Waals surface area contributed by atoms with Crippen LogP contribution >= 0.6 is 0 Å². The van der Waals surface area contributed by atoms with Crippen LogP contribution < -0.4 is 5.32 Å². The summed E-state index contributed by atoms with van der Waals surface area (Å²) in [4.78, 5) is 20.3. The summed E-state index contributed by atoms with van der Waals surface area (Å²) in [5, 5.41) is 10.7. The van der Waals surface area contributed by atoms with Gasteiger partial charge in [0.25, 0.3) is 5.91 Å². The van der Waals surface area contributed by atoms with E-state index in [4.69, 9.17) is 0 Å². The number of para-hydroxylation sites is 1. The highest BCUT2D eigenvalue weighted by molar-refractivity contribution is 5.92. The van der Waals surface area contributed by atoms with Crippen LogP contribution in [0.1, 0.15) is 29.1 Å². The van der Waals surface area contributed by atoms with Crippen molar-refractivity contribution in [1.82, 2.24) is 30.3 Å². The van der Waals surface area contributed by atoms with E-state index in [2.05, 4.69) is 25.6 Å². The van der Waals surface area contributed by atoms with E-state index < -0.39 is 0 Å². The Labute approximate surface area is 127 Å². The zero-order chi connectivity index (χ0) is 15.4. The van der Waals surface area contributed by atoms with E-state index in [1.54, 1.807) is 29.5 Å².